The Hall–Kier alpha value is -2.06. The molecule has 0 aromatic heterocycles. The Labute approximate surface area is 127 Å². The molecular weight excluding hydrogens is 258 g/mol. The van der Waals surface area contributed by atoms with Crippen LogP contribution in [0.2, 0.25) is 0 Å². The second-order valence-corrected chi connectivity index (χ2v) is 5.08. The highest BCUT2D eigenvalue weighted by molar-refractivity contribution is 5.70. The third-order valence-corrected chi connectivity index (χ3v) is 3.21. The maximum Gasteiger partial charge on any atom is 0.127 e. The number of rotatable bonds is 8. The van der Waals surface area contributed by atoms with Gasteiger partial charge in [0.05, 0.1) is 0 Å². The van der Waals surface area contributed by atoms with Gasteiger partial charge in [0.25, 0.3) is 0 Å². The fourth-order valence-corrected chi connectivity index (χ4v) is 2.12. The highest BCUT2D eigenvalue weighted by Crippen LogP contribution is 2.29. The summed E-state index contributed by atoms with van der Waals surface area (Å²) in [6.07, 6.45) is 1.13. The molecule has 0 aliphatic heterocycles. The first-order valence-corrected chi connectivity index (χ1v) is 7.46. The summed E-state index contributed by atoms with van der Waals surface area (Å²) in [5.41, 5.74) is 3.35. The lowest BCUT2D eigenvalue weighted by atomic mass is 10.1. The molecule has 2 aromatic carbocycles. The van der Waals surface area contributed by atoms with Crippen molar-refractivity contribution in [3.63, 3.8) is 0 Å². The smallest absolute Gasteiger partial charge is 0.127 e. The first-order chi connectivity index (χ1) is 10.3. The number of nitrogens with one attached hydrogen (secondary N) is 1. The first-order valence-electron chi connectivity index (χ1n) is 7.46. The molecule has 110 valence electrons. The molecule has 0 aliphatic carbocycles. The fraction of sp³-hybridized carbons (Fsp3) is 0.263. The molecule has 0 aliphatic rings. The Kier molecular flexibility index (Phi) is 6.04. The van der Waals surface area contributed by atoms with Gasteiger partial charge in [-0.25, -0.2) is 0 Å². The van der Waals surface area contributed by atoms with E-state index in [4.69, 9.17) is 4.74 Å². The predicted octanol–water partition coefficient (Wildman–Crippen LogP) is 4.29. The first kappa shape index (κ1) is 15.3. The Bertz CT molecular complexity index is 563. The van der Waals surface area contributed by atoms with Gasteiger partial charge in [0.1, 0.15) is 12.4 Å². The largest absolute Gasteiger partial charge is 0.489 e. The van der Waals surface area contributed by atoms with Crippen molar-refractivity contribution in [2.75, 3.05) is 19.7 Å². The highest BCUT2D eigenvalue weighted by atomic mass is 16.5. The van der Waals surface area contributed by atoms with Gasteiger partial charge < -0.3 is 10.1 Å². The van der Waals surface area contributed by atoms with Crippen LogP contribution in [-0.2, 0) is 0 Å². The Morgan fingerprint density at radius 3 is 2.52 bits per heavy atom. The van der Waals surface area contributed by atoms with Crippen LogP contribution in [0.3, 0.4) is 0 Å². The normalized spacial score (nSPS) is 10.3. The van der Waals surface area contributed by atoms with Gasteiger partial charge in [-0.05, 0) is 30.2 Å². The lowest BCUT2D eigenvalue weighted by molar-refractivity contribution is 0.350. The van der Waals surface area contributed by atoms with E-state index in [1.54, 1.807) is 0 Å². The van der Waals surface area contributed by atoms with E-state index < -0.39 is 0 Å². The van der Waals surface area contributed by atoms with E-state index in [1.807, 2.05) is 36.4 Å². The van der Waals surface area contributed by atoms with Crippen molar-refractivity contribution in [1.82, 2.24) is 5.32 Å². The zero-order chi connectivity index (χ0) is 14.9. The van der Waals surface area contributed by atoms with Gasteiger partial charge in [-0.3, -0.25) is 0 Å². The van der Waals surface area contributed by atoms with Gasteiger partial charge in [-0.2, -0.15) is 0 Å². The van der Waals surface area contributed by atoms with E-state index in [2.05, 4.69) is 37.0 Å². The van der Waals surface area contributed by atoms with Crippen LogP contribution >= 0.6 is 0 Å². The van der Waals surface area contributed by atoms with Gasteiger partial charge in [0.2, 0.25) is 0 Å². The van der Waals surface area contributed by atoms with Crippen LogP contribution in [0, 0.1) is 0 Å². The van der Waals surface area contributed by atoms with Crippen LogP contribution in [0.1, 0.15) is 13.3 Å². The topological polar surface area (TPSA) is 21.3 Å². The van der Waals surface area contributed by atoms with Crippen molar-refractivity contribution < 1.29 is 4.74 Å². The summed E-state index contributed by atoms with van der Waals surface area (Å²) in [7, 11) is 0. The van der Waals surface area contributed by atoms with Crippen LogP contribution < -0.4 is 10.1 Å². The van der Waals surface area contributed by atoms with Crippen LogP contribution in [0.5, 0.6) is 5.75 Å². The summed E-state index contributed by atoms with van der Waals surface area (Å²) in [6, 6.07) is 18.4. The minimum atomic E-state index is 0.542. The Morgan fingerprint density at radius 2 is 1.76 bits per heavy atom. The van der Waals surface area contributed by atoms with Gasteiger partial charge in [0, 0.05) is 12.1 Å². The van der Waals surface area contributed by atoms with Gasteiger partial charge in [-0.1, -0.05) is 62.0 Å². The van der Waals surface area contributed by atoms with Crippen LogP contribution in [-0.4, -0.2) is 19.7 Å². The zero-order valence-electron chi connectivity index (χ0n) is 12.6. The summed E-state index contributed by atoms with van der Waals surface area (Å²) in [4.78, 5) is 0. The van der Waals surface area contributed by atoms with Crippen LogP contribution in [0.4, 0.5) is 0 Å². The predicted molar refractivity (Wildman–Crippen MR) is 89.7 cm³/mol. The quantitative estimate of drug-likeness (QED) is 0.576. The number of ether oxygens (including phenoxy) is 1. The summed E-state index contributed by atoms with van der Waals surface area (Å²) >= 11 is 0. The van der Waals surface area contributed by atoms with E-state index in [-0.39, 0.29) is 0 Å². The van der Waals surface area contributed by atoms with Crippen molar-refractivity contribution in [2.45, 2.75) is 13.3 Å². The number of hydrogen-bond acceptors (Lipinski definition) is 2. The van der Waals surface area contributed by atoms with E-state index in [9.17, 15) is 0 Å². The molecule has 0 saturated heterocycles. The van der Waals surface area contributed by atoms with Crippen molar-refractivity contribution in [3.8, 4) is 16.9 Å². The Balaban J connectivity index is 1.99. The van der Waals surface area contributed by atoms with E-state index in [0.717, 1.165) is 36.4 Å². The van der Waals surface area contributed by atoms with Crippen LogP contribution in [0.25, 0.3) is 11.1 Å². The molecule has 2 nitrogen and oxygen atoms in total. The lowest BCUT2D eigenvalue weighted by Crippen LogP contribution is -2.20. The lowest BCUT2D eigenvalue weighted by Gasteiger charge is -2.13. The fourth-order valence-electron chi connectivity index (χ4n) is 2.12. The third-order valence-electron chi connectivity index (χ3n) is 3.21. The third kappa shape index (κ3) is 4.76. The van der Waals surface area contributed by atoms with Gasteiger partial charge >= 0.3 is 0 Å². The number of para-hydroxylation sites is 1. The number of benzene rings is 2. The average molecular weight is 281 g/mol. The molecule has 1 N–H and O–H groups in total. The van der Waals surface area contributed by atoms with Crippen molar-refractivity contribution in [3.05, 3.63) is 66.7 Å². The standard InChI is InChI=1S/C19H23NO/c1-3-13-20-14-16(2)15-21-19-12-8-7-11-18(19)17-9-5-4-6-10-17/h4-12,20H,2-3,13-15H2,1H3. The average Bonchev–Trinajstić information content (AvgIpc) is 2.54. The molecule has 0 saturated carbocycles. The molecule has 0 heterocycles. The van der Waals surface area contributed by atoms with Crippen molar-refractivity contribution >= 4 is 0 Å². The SMILES string of the molecule is C=C(CNCCC)COc1ccccc1-c1ccccc1. The summed E-state index contributed by atoms with van der Waals surface area (Å²) in [5.74, 6) is 0.903. The van der Waals surface area contributed by atoms with Crippen LogP contribution in [0.15, 0.2) is 66.7 Å². The zero-order valence-corrected chi connectivity index (χ0v) is 12.6. The van der Waals surface area contributed by atoms with Crippen molar-refractivity contribution in [2.24, 2.45) is 0 Å². The molecule has 2 rings (SSSR count). The summed E-state index contributed by atoms with van der Waals surface area (Å²) < 4.78 is 5.94. The molecule has 0 spiro atoms. The maximum atomic E-state index is 5.94. The molecule has 0 unspecified atom stereocenters. The monoisotopic (exact) mass is 281 g/mol. The minimum Gasteiger partial charge on any atom is -0.489 e. The minimum absolute atomic E-state index is 0.542. The summed E-state index contributed by atoms with van der Waals surface area (Å²) in [6.45, 7) is 8.57. The molecule has 0 amide bonds. The van der Waals surface area contributed by atoms with Gasteiger partial charge in [-0.15, -0.1) is 0 Å². The maximum absolute atomic E-state index is 5.94. The molecule has 0 atom stereocenters. The highest BCUT2D eigenvalue weighted by Gasteiger charge is 2.05. The molecule has 2 aromatic rings. The number of hydrogen-bond donors (Lipinski definition) is 1. The molecule has 0 radical (unpaired) electrons. The van der Waals surface area contributed by atoms with Gasteiger partial charge in [0.15, 0.2) is 0 Å². The second-order valence-electron chi connectivity index (χ2n) is 5.08. The summed E-state index contributed by atoms with van der Waals surface area (Å²) in [5, 5.41) is 3.34. The van der Waals surface area contributed by atoms with Crippen molar-refractivity contribution in [1.29, 1.82) is 0 Å². The Morgan fingerprint density at radius 1 is 1.05 bits per heavy atom. The van der Waals surface area contributed by atoms with E-state index >= 15 is 0 Å². The van der Waals surface area contributed by atoms with E-state index in [1.165, 1.54) is 5.56 Å². The molecule has 21 heavy (non-hydrogen) atoms. The molecule has 0 fully saturated rings. The van der Waals surface area contributed by atoms with E-state index in [0.29, 0.717) is 6.61 Å². The molecular formula is C19H23NO. The molecule has 0 bridgehead atoms. The molecule has 2 heteroatoms. The second kappa shape index (κ2) is 8.28.